The quantitative estimate of drug-likeness (QED) is 0.247. The van der Waals surface area contributed by atoms with Crippen molar-refractivity contribution in [3.05, 3.63) is 95.6 Å². The van der Waals surface area contributed by atoms with Gasteiger partial charge in [-0.1, -0.05) is 68.4 Å². The van der Waals surface area contributed by atoms with Crippen molar-refractivity contribution in [2.45, 2.75) is 69.4 Å². The average Bonchev–Trinajstić information content (AvgIpc) is 3.78. The molecular weight excluding hydrogens is 638 g/mol. The third-order valence-corrected chi connectivity index (χ3v) is 9.63. The number of hydrogen-bond acceptors (Lipinski definition) is 8. The van der Waals surface area contributed by atoms with Gasteiger partial charge in [0.25, 0.3) is 0 Å². The first kappa shape index (κ1) is 36.7. The summed E-state index contributed by atoms with van der Waals surface area (Å²) in [4.78, 5) is 43.3. The summed E-state index contributed by atoms with van der Waals surface area (Å²) in [6, 6.07) is 23.3. The molecule has 2 heterocycles. The van der Waals surface area contributed by atoms with Crippen LogP contribution in [0.25, 0.3) is 0 Å². The van der Waals surface area contributed by atoms with Crippen LogP contribution in [0.15, 0.2) is 78.9 Å². The van der Waals surface area contributed by atoms with Crippen LogP contribution in [0.4, 0.5) is 4.79 Å². The maximum Gasteiger partial charge on any atom is 0.410 e. The minimum Gasteiger partial charge on any atom is -0.497 e. The van der Waals surface area contributed by atoms with Gasteiger partial charge in [0.15, 0.2) is 0 Å². The van der Waals surface area contributed by atoms with Crippen LogP contribution in [0.1, 0.15) is 56.2 Å². The Balaban J connectivity index is 1.47. The zero-order chi connectivity index (χ0) is 35.8. The molecule has 2 saturated heterocycles. The van der Waals surface area contributed by atoms with Gasteiger partial charge in [-0.2, -0.15) is 0 Å². The normalized spacial score (nSPS) is 19.7. The largest absolute Gasteiger partial charge is 0.497 e. The molecule has 5 rings (SSSR count). The third kappa shape index (κ3) is 7.89. The van der Waals surface area contributed by atoms with Crippen LogP contribution < -0.4 is 14.8 Å². The van der Waals surface area contributed by atoms with E-state index in [4.69, 9.17) is 18.9 Å². The highest BCUT2D eigenvalue weighted by atomic mass is 16.5. The van der Waals surface area contributed by atoms with Crippen LogP contribution in [0.5, 0.6) is 11.5 Å². The fourth-order valence-corrected chi connectivity index (χ4v) is 7.15. The third-order valence-electron chi connectivity index (χ3n) is 9.63. The Bertz CT molecular complexity index is 1530. The van der Waals surface area contributed by atoms with Crippen molar-refractivity contribution >= 4 is 17.9 Å². The van der Waals surface area contributed by atoms with E-state index >= 15 is 0 Å². The number of aliphatic hydroxyl groups excluding tert-OH is 1. The number of nitrogens with one attached hydrogen (secondary N) is 1. The Labute approximate surface area is 294 Å². The number of likely N-dealkylation sites (tertiary alicyclic amines) is 2. The summed E-state index contributed by atoms with van der Waals surface area (Å²) in [5, 5.41) is 13.9. The number of carbonyl (C=O) groups is 3. The Morgan fingerprint density at radius 2 is 1.44 bits per heavy atom. The van der Waals surface area contributed by atoms with Crippen molar-refractivity contribution < 1.29 is 38.4 Å². The van der Waals surface area contributed by atoms with E-state index in [1.807, 2.05) is 92.7 Å². The molecule has 11 nitrogen and oxygen atoms in total. The molecule has 11 heteroatoms. The van der Waals surface area contributed by atoms with Crippen molar-refractivity contribution in [1.29, 1.82) is 0 Å². The molecule has 0 aliphatic carbocycles. The Hall–Kier alpha value is -4.61. The lowest BCUT2D eigenvalue weighted by Crippen LogP contribution is -2.55. The molecule has 2 fully saturated rings. The van der Waals surface area contributed by atoms with Crippen LogP contribution in [0, 0.1) is 5.92 Å². The highest BCUT2D eigenvalue weighted by Crippen LogP contribution is 2.42. The minimum atomic E-state index is -1.10. The van der Waals surface area contributed by atoms with Crippen LogP contribution in [0.3, 0.4) is 0 Å². The van der Waals surface area contributed by atoms with Gasteiger partial charge in [0, 0.05) is 13.1 Å². The number of aliphatic hydroxyl groups is 1. The number of hydrogen-bond donors (Lipinski definition) is 2. The molecule has 0 unspecified atom stereocenters. The number of ether oxygens (including phenoxy) is 4. The van der Waals surface area contributed by atoms with E-state index in [0.717, 1.165) is 16.7 Å². The molecule has 0 radical (unpaired) electrons. The molecule has 268 valence electrons. The number of nitrogens with zero attached hydrogens (tertiary/aromatic N) is 2. The first-order chi connectivity index (χ1) is 24.1. The van der Waals surface area contributed by atoms with E-state index in [1.54, 1.807) is 19.1 Å². The fraction of sp³-hybridized carbons (Fsp3) is 0.462. The summed E-state index contributed by atoms with van der Waals surface area (Å²) in [5.41, 5.74) is 1.47. The predicted octanol–water partition coefficient (Wildman–Crippen LogP) is 4.74. The fourth-order valence-electron chi connectivity index (χ4n) is 7.15. The molecule has 2 aliphatic heterocycles. The average molecular weight is 688 g/mol. The molecular formula is C39H49N3O8. The van der Waals surface area contributed by atoms with Gasteiger partial charge in [-0.15, -0.1) is 0 Å². The lowest BCUT2D eigenvalue weighted by Gasteiger charge is -2.38. The summed E-state index contributed by atoms with van der Waals surface area (Å²) in [5.74, 6) is 0.807. The summed E-state index contributed by atoms with van der Waals surface area (Å²) in [6.45, 7) is 4.59. The second-order valence-corrected chi connectivity index (χ2v) is 13.4. The van der Waals surface area contributed by atoms with Crippen LogP contribution in [-0.4, -0.2) is 98.1 Å². The van der Waals surface area contributed by atoms with Crippen molar-refractivity contribution in [3.8, 4) is 11.5 Å². The maximum atomic E-state index is 14.3. The molecule has 3 aromatic rings. The van der Waals surface area contributed by atoms with E-state index in [-0.39, 0.29) is 30.9 Å². The topological polar surface area (TPSA) is 127 Å². The number of carbonyl (C=O) groups excluding carboxylic acids is 3. The van der Waals surface area contributed by atoms with E-state index in [0.29, 0.717) is 43.7 Å². The second-order valence-electron chi connectivity index (χ2n) is 13.4. The number of amides is 3. The molecule has 2 N–H and O–H groups in total. The monoisotopic (exact) mass is 687 g/mol. The molecule has 4 atom stereocenters. The molecule has 50 heavy (non-hydrogen) atoms. The first-order valence-electron chi connectivity index (χ1n) is 17.2. The number of rotatable bonds is 13. The Kier molecular flexibility index (Phi) is 12.0. The van der Waals surface area contributed by atoms with E-state index < -0.39 is 35.9 Å². The van der Waals surface area contributed by atoms with Gasteiger partial charge in [0.1, 0.15) is 29.2 Å². The van der Waals surface area contributed by atoms with Crippen molar-refractivity contribution in [2.75, 3.05) is 41.0 Å². The molecule has 2 aliphatic rings. The predicted molar refractivity (Wildman–Crippen MR) is 188 cm³/mol. The Morgan fingerprint density at radius 3 is 1.98 bits per heavy atom. The maximum absolute atomic E-state index is 14.3. The van der Waals surface area contributed by atoms with Crippen LogP contribution >= 0.6 is 0 Å². The van der Waals surface area contributed by atoms with Crippen molar-refractivity contribution in [1.82, 2.24) is 15.1 Å². The van der Waals surface area contributed by atoms with Gasteiger partial charge < -0.3 is 34.3 Å². The summed E-state index contributed by atoms with van der Waals surface area (Å²) < 4.78 is 22.9. The lowest BCUT2D eigenvalue weighted by molar-refractivity contribution is -0.140. The van der Waals surface area contributed by atoms with Gasteiger partial charge in [0.2, 0.25) is 11.8 Å². The summed E-state index contributed by atoms with van der Waals surface area (Å²) >= 11 is 0. The lowest BCUT2D eigenvalue weighted by atomic mass is 9.80. The highest BCUT2D eigenvalue weighted by molar-refractivity contribution is 5.91. The minimum absolute atomic E-state index is 0.0858. The van der Waals surface area contributed by atoms with Crippen molar-refractivity contribution in [3.63, 3.8) is 0 Å². The van der Waals surface area contributed by atoms with E-state index in [9.17, 15) is 19.5 Å². The van der Waals surface area contributed by atoms with Crippen molar-refractivity contribution in [2.24, 2.45) is 5.92 Å². The molecule has 0 saturated carbocycles. The molecule has 0 spiro atoms. The van der Waals surface area contributed by atoms with Gasteiger partial charge in [0.05, 0.1) is 40.1 Å². The highest BCUT2D eigenvalue weighted by Gasteiger charge is 2.44. The summed E-state index contributed by atoms with van der Waals surface area (Å²) in [6.07, 6.45) is 0.523. The number of methoxy groups -OCH3 is 3. The molecule has 0 bridgehead atoms. The standard InChI is InChI=1S/C39H49N3O8/c1-26(2)22-34(40-36(44)35-12-9-21-41(35)38(46)49-5)37(45)42-24-31(43)23-30(42)25-50-39(27-10-7-6-8-11-27,28-13-17-32(47-3)18-14-28)29-15-19-33(48-4)20-16-29/h6-8,10-11,13-20,26,30-31,34-35,43H,9,12,21-25H2,1-5H3,(H,40,44)/t30-,31+,34-,35-/m0/s1. The van der Waals surface area contributed by atoms with Gasteiger partial charge in [-0.05, 0) is 72.6 Å². The van der Waals surface area contributed by atoms with Gasteiger partial charge in [-0.3, -0.25) is 14.5 Å². The van der Waals surface area contributed by atoms with Crippen LogP contribution in [0.2, 0.25) is 0 Å². The number of benzene rings is 3. The second kappa shape index (κ2) is 16.4. The SMILES string of the molecule is COC(=O)N1CCC[C@H]1C(=O)N[C@@H](CC(C)C)C(=O)N1C[C@H](O)C[C@H]1COC(c1ccccc1)(c1ccc(OC)cc1)c1ccc(OC)cc1. The molecule has 3 amide bonds. The van der Waals surface area contributed by atoms with Gasteiger partial charge in [-0.25, -0.2) is 4.79 Å². The van der Waals surface area contributed by atoms with E-state index in [1.165, 1.54) is 12.0 Å². The Morgan fingerprint density at radius 1 is 0.860 bits per heavy atom. The molecule has 0 aromatic heterocycles. The van der Waals surface area contributed by atoms with Gasteiger partial charge >= 0.3 is 6.09 Å². The van der Waals surface area contributed by atoms with Crippen LogP contribution in [-0.2, 0) is 24.7 Å². The zero-order valence-corrected chi connectivity index (χ0v) is 29.5. The van der Waals surface area contributed by atoms with E-state index in [2.05, 4.69) is 5.32 Å². The smallest absolute Gasteiger partial charge is 0.410 e. The summed E-state index contributed by atoms with van der Waals surface area (Å²) in [7, 11) is 4.53. The first-order valence-corrected chi connectivity index (χ1v) is 17.2. The number of β-amino-alcohol motifs (C(OH)–C–C–N with tert-alkyl or cyclic N) is 1. The zero-order valence-electron chi connectivity index (χ0n) is 29.5. The molecule has 3 aromatic carbocycles.